The van der Waals surface area contributed by atoms with Crippen LogP contribution in [0.3, 0.4) is 0 Å². The van der Waals surface area contributed by atoms with Gasteiger partial charge in [0.15, 0.2) is 0 Å². The molecule has 3 unspecified atom stereocenters. The first-order valence-corrected chi connectivity index (χ1v) is 8.97. The lowest BCUT2D eigenvalue weighted by molar-refractivity contribution is -0.128. The fraction of sp³-hybridized carbons (Fsp3) is 1.00. The van der Waals surface area contributed by atoms with Crippen LogP contribution in [0.1, 0.15) is 46.0 Å². The minimum Gasteiger partial charge on any atom is -0.377 e. The van der Waals surface area contributed by atoms with Crippen molar-refractivity contribution in [2.24, 2.45) is 11.8 Å². The van der Waals surface area contributed by atoms with Crippen LogP contribution >= 0.6 is 11.8 Å². The molecule has 2 saturated heterocycles. The summed E-state index contributed by atoms with van der Waals surface area (Å²) >= 11 is 2.05. The van der Waals surface area contributed by atoms with Gasteiger partial charge in [0.05, 0.1) is 17.2 Å². The maximum atomic E-state index is 6.19. The van der Waals surface area contributed by atoms with Gasteiger partial charge in [0, 0.05) is 13.7 Å². The number of ether oxygens (including phenoxy) is 2. The van der Waals surface area contributed by atoms with Crippen molar-refractivity contribution in [1.82, 2.24) is 5.43 Å². The van der Waals surface area contributed by atoms with E-state index in [0.29, 0.717) is 5.92 Å². The number of nitrogens with one attached hydrogen (secondary N) is 1. The molecule has 3 atom stereocenters. The molecule has 2 heterocycles. The minimum atomic E-state index is -0.207. The summed E-state index contributed by atoms with van der Waals surface area (Å²) in [6.07, 6.45) is 5.51. The van der Waals surface area contributed by atoms with E-state index in [9.17, 15) is 0 Å². The number of hydrazine groups is 1. The highest BCUT2D eigenvalue weighted by Gasteiger charge is 2.45. The Morgan fingerprint density at radius 2 is 2.20 bits per heavy atom. The molecule has 2 aliphatic heterocycles. The van der Waals surface area contributed by atoms with Crippen molar-refractivity contribution in [3.05, 3.63) is 0 Å². The zero-order valence-electron chi connectivity index (χ0n) is 13.1. The minimum absolute atomic E-state index is 0.103. The average Bonchev–Trinajstić information content (AvgIpc) is 2.48. The van der Waals surface area contributed by atoms with Gasteiger partial charge in [-0.25, -0.2) is 0 Å². The average molecular weight is 302 g/mol. The summed E-state index contributed by atoms with van der Waals surface area (Å²) in [5, 5.41) is 0. The highest BCUT2D eigenvalue weighted by molar-refractivity contribution is 7.99. The SMILES string of the molecule is CCC(C)(OC)C(NN)C1CCOC2(CCSCC2)C1. The highest BCUT2D eigenvalue weighted by atomic mass is 32.2. The summed E-state index contributed by atoms with van der Waals surface area (Å²) in [5.74, 6) is 8.86. The predicted octanol–water partition coefficient (Wildman–Crippen LogP) is 2.33. The van der Waals surface area contributed by atoms with Crippen molar-refractivity contribution in [1.29, 1.82) is 0 Å². The van der Waals surface area contributed by atoms with E-state index < -0.39 is 0 Å². The molecular weight excluding hydrogens is 272 g/mol. The van der Waals surface area contributed by atoms with E-state index in [2.05, 4.69) is 19.3 Å². The number of thioether (sulfide) groups is 1. The number of hydrogen-bond donors (Lipinski definition) is 2. The largest absolute Gasteiger partial charge is 0.377 e. The van der Waals surface area contributed by atoms with Crippen molar-refractivity contribution in [3.63, 3.8) is 0 Å². The topological polar surface area (TPSA) is 56.5 Å². The van der Waals surface area contributed by atoms with Gasteiger partial charge in [-0.05, 0) is 56.5 Å². The summed E-state index contributed by atoms with van der Waals surface area (Å²) in [6, 6.07) is 0.188. The van der Waals surface area contributed by atoms with Crippen LogP contribution in [-0.4, -0.2) is 42.5 Å². The Balaban J connectivity index is 2.09. The van der Waals surface area contributed by atoms with Gasteiger partial charge in [-0.1, -0.05) is 6.92 Å². The van der Waals surface area contributed by atoms with Crippen molar-refractivity contribution in [3.8, 4) is 0 Å². The molecule has 0 aromatic rings. The number of methoxy groups -OCH3 is 1. The van der Waals surface area contributed by atoms with Gasteiger partial charge in [0.1, 0.15) is 0 Å². The molecule has 0 saturated carbocycles. The predicted molar refractivity (Wildman–Crippen MR) is 84.8 cm³/mol. The van der Waals surface area contributed by atoms with Crippen LogP contribution in [-0.2, 0) is 9.47 Å². The Bertz CT molecular complexity index is 299. The molecule has 2 rings (SSSR count). The van der Waals surface area contributed by atoms with Gasteiger partial charge in [0.2, 0.25) is 0 Å². The van der Waals surface area contributed by atoms with Crippen LogP contribution in [0.4, 0.5) is 0 Å². The first-order valence-electron chi connectivity index (χ1n) is 7.82. The lowest BCUT2D eigenvalue weighted by Gasteiger charge is -2.48. The van der Waals surface area contributed by atoms with E-state index in [4.69, 9.17) is 15.3 Å². The van der Waals surface area contributed by atoms with Gasteiger partial charge >= 0.3 is 0 Å². The highest BCUT2D eigenvalue weighted by Crippen LogP contribution is 2.42. The van der Waals surface area contributed by atoms with Crippen molar-refractivity contribution in [2.45, 2.75) is 63.2 Å². The van der Waals surface area contributed by atoms with Gasteiger partial charge in [-0.15, -0.1) is 0 Å². The number of rotatable bonds is 5. The van der Waals surface area contributed by atoms with Crippen molar-refractivity contribution in [2.75, 3.05) is 25.2 Å². The normalized spacial score (nSPS) is 30.9. The molecular formula is C15H30N2O2S. The molecule has 2 aliphatic rings. The van der Waals surface area contributed by atoms with E-state index in [0.717, 1.165) is 25.9 Å². The Labute approximate surface area is 127 Å². The van der Waals surface area contributed by atoms with E-state index >= 15 is 0 Å². The maximum absolute atomic E-state index is 6.19. The molecule has 3 N–H and O–H groups in total. The van der Waals surface area contributed by atoms with Gasteiger partial charge in [0.25, 0.3) is 0 Å². The quantitative estimate of drug-likeness (QED) is 0.603. The molecule has 5 heteroatoms. The summed E-state index contributed by atoms with van der Waals surface area (Å²) in [4.78, 5) is 0. The summed E-state index contributed by atoms with van der Waals surface area (Å²) < 4.78 is 12.0. The van der Waals surface area contributed by atoms with Crippen LogP contribution in [0, 0.1) is 5.92 Å². The Hall–Kier alpha value is 0.190. The first kappa shape index (κ1) is 16.6. The number of hydrogen-bond acceptors (Lipinski definition) is 5. The lowest BCUT2D eigenvalue weighted by atomic mass is 9.73. The van der Waals surface area contributed by atoms with Crippen molar-refractivity contribution >= 4 is 11.8 Å². The molecule has 0 aromatic heterocycles. The third-order valence-electron chi connectivity index (χ3n) is 5.41. The van der Waals surface area contributed by atoms with E-state index in [1.165, 1.54) is 24.3 Å². The maximum Gasteiger partial charge on any atom is 0.0816 e. The third kappa shape index (κ3) is 3.33. The lowest BCUT2D eigenvalue weighted by Crippen LogP contribution is -2.59. The second kappa shape index (κ2) is 6.97. The van der Waals surface area contributed by atoms with E-state index in [1.54, 1.807) is 7.11 Å². The molecule has 0 aromatic carbocycles. The Morgan fingerprint density at radius 3 is 2.75 bits per heavy atom. The number of nitrogens with two attached hydrogens (primary N) is 1. The molecule has 1 spiro atoms. The second-order valence-corrected chi connectivity index (χ2v) is 7.64. The zero-order chi connectivity index (χ0) is 14.6. The van der Waals surface area contributed by atoms with Crippen LogP contribution in [0.5, 0.6) is 0 Å². The van der Waals surface area contributed by atoms with Crippen LogP contribution in [0.2, 0.25) is 0 Å². The zero-order valence-corrected chi connectivity index (χ0v) is 13.9. The van der Waals surface area contributed by atoms with Gasteiger partial charge < -0.3 is 9.47 Å². The van der Waals surface area contributed by atoms with Crippen molar-refractivity contribution < 1.29 is 9.47 Å². The molecule has 0 radical (unpaired) electrons. The molecule has 2 fully saturated rings. The van der Waals surface area contributed by atoms with E-state index in [1.807, 2.05) is 11.8 Å². The monoisotopic (exact) mass is 302 g/mol. The van der Waals surface area contributed by atoms with E-state index in [-0.39, 0.29) is 17.2 Å². The Kier molecular flexibility index (Phi) is 5.77. The molecule has 0 aliphatic carbocycles. The van der Waals surface area contributed by atoms with Gasteiger partial charge in [-0.2, -0.15) is 11.8 Å². The van der Waals surface area contributed by atoms with Crippen LogP contribution in [0.15, 0.2) is 0 Å². The molecule has 118 valence electrons. The third-order valence-corrected chi connectivity index (χ3v) is 6.40. The fourth-order valence-electron chi connectivity index (χ4n) is 3.74. The molecule has 4 nitrogen and oxygen atoms in total. The molecule has 20 heavy (non-hydrogen) atoms. The first-order chi connectivity index (χ1) is 9.59. The summed E-state index contributed by atoms with van der Waals surface area (Å²) in [5.41, 5.74) is 2.95. The summed E-state index contributed by atoms with van der Waals surface area (Å²) in [6.45, 7) is 5.19. The Morgan fingerprint density at radius 1 is 1.50 bits per heavy atom. The fourth-order valence-corrected chi connectivity index (χ4v) is 4.98. The second-order valence-electron chi connectivity index (χ2n) is 6.41. The van der Waals surface area contributed by atoms with Gasteiger partial charge in [-0.3, -0.25) is 11.3 Å². The van der Waals surface area contributed by atoms with Crippen LogP contribution < -0.4 is 11.3 Å². The van der Waals surface area contributed by atoms with Crippen LogP contribution in [0.25, 0.3) is 0 Å². The standard InChI is InChI=1S/C15H30N2O2S/c1-4-14(2,18-3)13(17-16)12-5-8-19-15(11-12)6-9-20-10-7-15/h12-13,17H,4-11,16H2,1-3H3. The summed E-state index contributed by atoms with van der Waals surface area (Å²) in [7, 11) is 1.79. The smallest absolute Gasteiger partial charge is 0.0816 e. The molecule has 0 amide bonds. The molecule has 0 bridgehead atoms.